The van der Waals surface area contributed by atoms with Gasteiger partial charge in [-0.3, -0.25) is 0 Å². The van der Waals surface area contributed by atoms with Crippen LogP contribution < -0.4 is 0 Å². The molecular weight excluding hydrogens is 262 g/mol. The summed E-state index contributed by atoms with van der Waals surface area (Å²) in [7, 11) is 1.61. The summed E-state index contributed by atoms with van der Waals surface area (Å²) in [5.74, 6) is -1.02. The first kappa shape index (κ1) is 14.6. The van der Waals surface area contributed by atoms with Gasteiger partial charge in [0.1, 0.15) is 11.6 Å². The monoisotopic (exact) mass is 278 g/mol. The lowest BCUT2D eigenvalue weighted by atomic mass is 10.00. The molecule has 0 fully saturated rings. The summed E-state index contributed by atoms with van der Waals surface area (Å²) in [6.07, 6.45) is -0.837. The van der Waals surface area contributed by atoms with Crippen LogP contribution in [0.3, 0.4) is 0 Å². The Morgan fingerprint density at radius 1 is 1.10 bits per heavy atom. The topological polar surface area (TPSA) is 29.5 Å². The summed E-state index contributed by atoms with van der Waals surface area (Å²) in [5, 5.41) is 10.1. The molecule has 2 aromatic rings. The van der Waals surface area contributed by atoms with Crippen LogP contribution in [0.5, 0.6) is 0 Å². The van der Waals surface area contributed by atoms with Crippen LogP contribution in [-0.4, -0.2) is 12.2 Å². The van der Waals surface area contributed by atoms with E-state index in [2.05, 4.69) is 0 Å². The van der Waals surface area contributed by atoms with Gasteiger partial charge in [0.25, 0.3) is 0 Å². The fourth-order valence-electron chi connectivity index (χ4n) is 2.03. The van der Waals surface area contributed by atoms with Crippen LogP contribution in [0.2, 0.25) is 0 Å². The van der Waals surface area contributed by atoms with Crippen molar-refractivity contribution in [3.8, 4) is 0 Å². The number of methoxy groups -OCH3 is 1. The number of benzene rings is 2. The van der Waals surface area contributed by atoms with Crippen LogP contribution in [0.4, 0.5) is 8.78 Å². The van der Waals surface area contributed by atoms with E-state index in [-0.39, 0.29) is 12.0 Å². The molecular formula is C16H16F2O2. The average Bonchev–Trinajstić information content (AvgIpc) is 2.44. The quantitative estimate of drug-likeness (QED) is 0.908. The molecule has 0 saturated carbocycles. The van der Waals surface area contributed by atoms with Crippen molar-refractivity contribution in [1.29, 1.82) is 0 Å². The molecule has 1 atom stereocenters. The second-order valence-corrected chi connectivity index (χ2v) is 4.63. The SMILES string of the molecule is COCc1ccc(C(O)Cc2cc(F)ccc2F)cc1. The van der Waals surface area contributed by atoms with Crippen LogP contribution in [0.1, 0.15) is 22.8 Å². The van der Waals surface area contributed by atoms with E-state index in [9.17, 15) is 13.9 Å². The average molecular weight is 278 g/mol. The van der Waals surface area contributed by atoms with Gasteiger partial charge in [-0.15, -0.1) is 0 Å². The van der Waals surface area contributed by atoms with E-state index in [1.165, 1.54) is 0 Å². The highest BCUT2D eigenvalue weighted by Gasteiger charge is 2.12. The van der Waals surface area contributed by atoms with Crippen LogP contribution >= 0.6 is 0 Å². The second-order valence-electron chi connectivity index (χ2n) is 4.63. The number of hydrogen-bond acceptors (Lipinski definition) is 2. The van der Waals surface area contributed by atoms with Gasteiger partial charge in [0.2, 0.25) is 0 Å². The number of halogens is 2. The van der Waals surface area contributed by atoms with E-state index in [1.807, 2.05) is 12.1 Å². The molecule has 106 valence electrons. The van der Waals surface area contributed by atoms with Crippen molar-refractivity contribution < 1.29 is 18.6 Å². The van der Waals surface area contributed by atoms with Gasteiger partial charge in [-0.05, 0) is 34.9 Å². The van der Waals surface area contributed by atoms with Gasteiger partial charge in [-0.2, -0.15) is 0 Å². The maximum absolute atomic E-state index is 13.5. The van der Waals surface area contributed by atoms with E-state index in [0.717, 1.165) is 23.8 Å². The van der Waals surface area contributed by atoms with Gasteiger partial charge < -0.3 is 9.84 Å². The highest BCUT2D eigenvalue weighted by atomic mass is 19.1. The third-order valence-corrected chi connectivity index (χ3v) is 3.10. The van der Waals surface area contributed by atoms with Crippen molar-refractivity contribution in [1.82, 2.24) is 0 Å². The molecule has 1 N–H and O–H groups in total. The van der Waals surface area contributed by atoms with Gasteiger partial charge in [0.05, 0.1) is 12.7 Å². The molecule has 0 aromatic heterocycles. The highest BCUT2D eigenvalue weighted by Crippen LogP contribution is 2.21. The molecule has 2 rings (SSSR count). The molecule has 4 heteroatoms. The Balaban J connectivity index is 2.11. The Morgan fingerprint density at radius 2 is 1.80 bits per heavy atom. The molecule has 0 aliphatic carbocycles. The van der Waals surface area contributed by atoms with E-state index in [0.29, 0.717) is 12.2 Å². The molecule has 0 bridgehead atoms. The predicted octanol–water partition coefficient (Wildman–Crippen LogP) is 3.39. The Hall–Kier alpha value is -1.78. The summed E-state index contributed by atoms with van der Waals surface area (Å²) in [5.41, 5.74) is 1.81. The summed E-state index contributed by atoms with van der Waals surface area (Å²) >= 11 is 0. The normalized spacial score (nSPS) is 12.4. The molecule has 20 heavy (non-hydrogen) atoms. The summed E-state index contributed by atoms with van der Waals surface area (Å²) < 4.78 is 31.6. The second kappa shape index (κ2) is 6.59. The van der Waals surface area contributed by atoms with Crippen molar-refractivity contribution >= 4 is 0 Å². The first-order valence-electron chi connectivity index (χ1n) is 6.30. The first-order valence-corrected chi connectivity index (χ1v) is 6.30. The molecule has 0 heterocycles. The third kappa shape index (κ3) is 3.62. The van der Waals surface area contributed by atoms with Gasteiger partial charge in [0.15, 0.2) is 0 Å². The standard InChI is InChI=1S/C16H16F2O2/c1-20-10-11-2-4-12(5-3-11)16(19)9-13-8-14(17)6-7-15(13)18/h2-8,16,19H,9-10H2,1H3. The van der Waals surface area contributed by atoms with E-state index < -0.39 is 17.7 Å². The van der Waals surface area contributed by atoms with Crippen LogP contribution in [-0.2, 0) is 17.8 Å². The summed E-state index contributed by atoms with van der Waals surface area (Å²) in [4.78, 5) is 0. The molecule has 0 saturated heterocycles. The molecule has 0 spiro atoms. The highest BCUT2D eigenvalue weighted by molar-refractivity contribution is 5.26. The lowest BCUT2D eigenvalue weighted by Crippen LogP contribution is -2.04. The third-order valence-electron chi connectivity index (χ3n) is 3.10. The van der Waals surface area contributed by atoms with Gasteiger partial charge in [-0.25, -0.2) is 8.78 Å². The fourth-order valence-corrected chi connectivity index (χ4v) is 2.03. The molecule has 2 nitrogen and oxygen atoms in total. The number of hydrogen-bond donors (Lipinski definition) is 1. The molecule has 0 amide bonds. The zero-order valence-electron chi connectivity index (χ0n) is 11.1. The summed E-state index contributed by atoms with van der Waals surface area (Å²) in [6, 6.07) is 10.4. The minimum Gasteiger partial charge on any atom is -0.388 e. The maximum Gasteiger partial charge on any atom is 0.126 e. The van der Waals surface area contributed by atoms with Crippen molar-refractivity contribution in [2.24, 2.45) is 0 Å². The summed E-state index contributed by atoms with van der Waals surface area (Å²) in [6.45, 7) is 0.495. The minimum absolute atomic E-state index is 0.0349. The molecule has 0 aliphatic heterocycles. The Bertz CT molecular complexity index is 567. The zero-order chi connectivity index (χ0) is 14.5. The lowest BCUT2D eigenvalue weighted by molar-refractivity contribution is 0.176. The fraction of sp³-hybridized carbons (Fsp3) is 0.250. The Morgan fingerprint density at radius 3 is 2.45 bits per heavy atom. The van der Waals surface area contributed by atoms with Crippen LogP contribution in [0, 0.1) is 11.6 Å². The molecule has 1 unspecified atom stereocenters. The van der Waals surface area contributed by atoms with E-state index in [1.54, 1.807) is 19.2 Å². The lowest BCUT2D eigenvalue weighted by Gasteiger charge is -2.12. The molecule has 0 radical (unpaired) electrons. The van der Waals surface area contributed by atoms with Gasteiger partial charge in [0, 0.05) is 13.5 Å². The minimum atomic E-state index is -0.872. The molecule has 2 aromatic carbocycles. The predicted molar refractivity (Wildman–Crippen MR) is 72.2 cm³/mol. The zero-order valence-corrected chi connectivity index (χ0v) is 11.1. The van der Waals surface area contributed by atoms with Crippen molar-refractivity contribution in [3.63, 3.8) is 0 Å². The van der Waals surface area contributed by atoms with E-state index in [4.69, 9.17) is 4.74 Å². The van der Waals surface area contributed by atoms with Gasteiger partial charge >= 0.3 is 0 Å². The molecule has 0 aliphatic rings. The number of ether oxygens (including phenoxy) is 1. The van der Waals surface area contributed by atoms with Crippen molar-refractivity contribution in [2.45, 2.75) is 19.1 Å². The van der Waals surface area contributed by atoms with Gasteiger partial charge in [-0.1, -0.05) is 24.3 Å². The van der Waals surface area contributed by atoms with Crippen molar-refractivity contribution in [2.75, 3.05) is 7.11 Å². The smallest absolute Gasteiger partial charge is 0.126 e. The number of aliphatic hydroxyl groups is 1. The largest absolute Gasteiger partial charge is 0.388 e. The number of rotatable bonds is 5. The Kier molecular flexibility index (Phi) is 4.82. The van der Waals surface area contributed by atoms with Crippen molar-refractivity contribution in [3.05, 3.63) is 70.8 Å². The number of aliphatic hydroxyl groups excluding tert-OH is 1. The maximum atomic E-state index is 13.5. The van der Waals surface area contributed by atoms with Crippen LogP contribution in [0.15, 0.2) is 42.5 Å². The van der Waals surface area contributed by atoms with Crippen LogP contribution in [0.25, 0.3) is 0 Å². The van der Waals surface area contributed by atoms with E-state index >= 15 is 0 Å². The first-order chi connectivity index (χ1) is 9.60. The Labute approximate surface area is 116 Å².